The number of benzene rings is 2. The maximum atomic E-state index is 12.8. The van der Waals surface area contributed by atoms with Crippen molar-refractivity contribution >= 4 is 23.0 Å². The van der Waals surface area contributed by atoms with Crippen molar-refractivity contribution in [3.8, 4) is 0 Å². The third-order valence-electron chi connectivity index (χ3n) is 3.49. The van der Waals surface area contributed by atoms with Gasteiger partial charge in [0.15, 0.2) is 5.11 Å². The first kappa shape index (κ1) is 13.1. The van der Waals surface area contributed by atoms with Gasteiger partial charge < -0.3 is 10.6 Å². The van der Waals surface area contributed by atoms with Crippen molar-refractivity contribution in [1.82, 2.24) is 5.32 Å². The van der Waals surface area contributed by atoms with Crippen LogP contribution in [0.5, 0.6) is 0 Å². The molecule has 0 heterocycles. The summed E-state index contributed by atoms with van der Waals surface area (Å²) in [6.45, 7) is 0. The number of thiocarbonyl (C=S) groups is 1. The molecule has 0 saturated carbocycles. The number of fused-ring (bicyclic) bond motifs is 1. The minimum Gasteiger partial charge on any atom is -0.359 e. The smallest absolute Gasteiger partial charge is 0.171 e. The van der Waals surface area contributed by atoms with Crippen LogP contribution in [-0.2, 0) is 12.8 Å². The van der Waals surface area contributed by atoms with Crippen LogP contribution in [0.15, 0.2) is 48.5 Å². The molecule has 3 rings (SSSR count). The Labute approximate surface area is 123 Å². The molecule has 0 radical (unpaired) electrons. The first-order valence-electron chi connectivity index (χ1n) is 6.60. The standard InChI is InChI=1S/C16H15FN2S/c17-13-5-7-14(8-6-13)18-16(20)19-15-9-11-3-1-2-4-12(11)10-15/h1-8,15H,9-10H2,(H2,18,19,20). The van der Waals surface area contributed by atoms with Gasteiger partial charge in [0.25, 0.3) is 0 Å². The van der Waals surface area contributed by atoms with E-state index in [-0.39, 0.29) is 5.82 Å². The fourth-order valence-electron chi connectivity index (χ4n) is 2.55. The number of rotatable bonds is 2. The van der Waals surface area contributed by atoms with E-state index in [4.69, 9.17) is 12.2 Å². The van der Waals surface area contributed by atoms with Gasteiger partial charge in [0.2, 0.25) is 0 Å². The van der Waals surface area contributed by atoms with Gasteiger partial charge in [-0.1, -0.05) is 24.3 Å². The fraction of sp³-hybridized carbons (Fsp3) is 0.188. The molecule has 2 nitrogen and oxygen atoms in total. The Bertz CT molecular complexity index is 600. The van der Waals surface area contributed by atoms with Crippen LogP contribution in [0.2, 0.25) is 0 Å². The zero-order valence-electron chi connectivity index (χ0n) is 10.9. The third kappa shape index (κ3) is 2.96. The van der Waals surface area contributed by atoms with Crippen molar-refractivity contribution < 1.29 is 4.39 Å². The zero-order chi connectivity index (χ0) is 13.9. The van der Waals surface area contributed by atoms with Gasteiger partial charge in [-0.3, -0.25) is 0 Å². The molecule has 0 bridgehead atoms. The van der Waals surface area contributed by atoms with Gasteiger partial charge in [0, 0.05) is 11.7 Å². The summed E-state index contributed by atoms with van der Waals surface area (Å²) in [6, 6.07) is 15.0. The lowest BCUT2D eigenvalue weighted by Gasteiger charge is -2.15. The average Bonchev–Trinajstić information content (AvgIpc) is 2.83. The lowest BCUT2D eigenvalue weighted by molar-refractivity contribution is 0.628. The van der Waals surface area contributed by atoms with Crippen molar-refractivity contribution in [3.05, 3.63) is 65.5 Å². The summed E-state index contributed by atoms with van der Waals surface area (Å²) < 4.78 is 12.8. The van der Waals surface area contributed by atoms with Crippen LogP contribution in [0.4, 0.5) is 10.1 Å². The summed E-state index contributed by atoms with van der Waals surface area (Å²) in [4.78, 5) is 0. The maximum Gasteiger partial charge on any atom is 0.171 e. The molecule has 20 heavy (non-hydrogen) atoms. The second-order valence-corrected chi connectivity index (χ2v) is 5.39. The Morgan fingerprint density at radius 3 is 2.20 bits per heavy atom. The molecular formula is C16H15FN2S. The minimum atomic E-state index is -0.249. The van der Waals surface area contributed by atoms with Crippen molar-refractivity contribution in [3.63, 3.8) is 0 Å². The predicted molar refractivity (Wildman–Crippen MR) is 83.4 cm³/mol. The van der Waals surface area contributed by atoms with Gasteiger partial charge in [-0.15, -0.1) is 0 Å². The summed E-state index contributed by atoms with van der Waals surface area (Å²) in [6.07, 6.45) is 1.98. The molecular weight excluding hydrogens is 271 g/mol. The fourth-order valence-corrected chi connectivity index (χ4v) is 2.83. The van der Waals surface area contributed by atoms with Crippen LogP contribution >= 0.6 is 12.2 Å². The highest BCUT2D eigenvalue weighted by atomic mass is 32.1. The van der Waals surface area contributed by atoms with Gasteiger partial charge in [-0.05, 0) is 60.5 Å². The highest BCUT2D eigenvalue weighted by Crippen LogP contribution is 2.21. The predicted octanol–water partition coefficient (Wildman–Crippen LogP) is 3.28. The lowest BCUT2D eigenvalue weighted by atomic mass is 10.1. The van der Waals surface area contributed by atoms with Crippen LogP contribution in [0, 0.1) is 5.82 Å². The van der Waals surface area contributed by atoms with Crippen LogP contribution in [0.1, 0.15) is 11.1 Å². The van der Waals surface area contributed by atoms with Gasteiger partial charge in [0.05, 0.1) is 0 Å². The molecule has 2 aromatic rings. The number of anilines is 1. The van der Waals surface area contributed by atoms with Crippen LogP contribution in [0.25, 0.3) is 0 Å². The number of halogens is 1. The largest absolute Gasteiger partial charge is 0.359 e. The third-order valence-corrected chi connectivity index (χ3v) is 3.71. The number of hydrogen-bond acceptors (Lipinski definition) is 1. The molecule has 1 aliphatic carbocycles. The van der Waals surface area contributed by atoms with Crippen LogP contribution < -0.4 is 10.6 Å². The molecule has 0 unspecified atom stereocenters. The molecule has 0 spiro atoms. The van der Waals surface area contributed by atoms with E-state index >= 15 is 0 Å². The van der Waals surface area contributed by atoms with Gasteiger partial charge in [-0.2, -0.15) is 0 Å². The monoisotopic (exact) mass is 286 g/mol. The van der Waals surface area contributed by atoms with Crippen molar-refractivity contribution in [2.45, 2.75) is 18.9 Å². The molecule has 102 valence electrons. The highest BCUT2D eigenvalue weighted by Gasteiger charge is 2.21. The second-order valence-electron chi connectivity index (χ2n) is 4.98. The molecule has 0 saturated heterocycles. The zero-order valence-corrected chi connectivity index (χ0v) is 11.7. The van der Waals surface area contributed by atoms with E-state index in [0.29, 0.717) is 11.2 Å². The summed E-state index contributed by atoms with van der Waals surface area (Å²) in [5.74, 6) is -0.249. The first-order chi connectivity index (χ1) is 9.70. The average molecular weight is 286 g/mol. The minimum absolute atomic E-state index is 0.249. The van der Waals surface area contributed by atoms with Gasteiger partial charge >= 0.3 is 0 Å². The SMILES string of the molecule is Fc1ccc(NC(=S)NC2Cc3ccccc3C2)cc1. The topological polar surface area (TPSA) is 24.1 Å². The highest BCUT2D eigenvalue weighted by molar-refractivity contribution is 7.80. The molecule has 0 aliphatic heterocycles. The number of nitrogens with one attached hydrogen (secondary N) is 2. The van der Waals surface area contributed by atoms with Gasteiger partial charge in [-0.25, -0.2) is 4.39 Å². The van der Waals surface area contributed by atoms with Crippen molar-refractivity contribution in [1.29, 1.82) is 0 Å². The second kappa shape index (κ2) is 5.59. The normalized spacial score (nSPS) is 13.8. The van der Waals surface area contributed by atoms with E-state index in [1.807, 2.05) is 0 Å². The summed E-state index contributed by atoms with van der Waals surface area (Å²) in [7, 11) is 0. The summed E-state index contributed by atoms with van der Waals surface area (Å²) in [5, 5.41) is 6.97. The van der Waals surface area contributed by atoms with E-state index in [0.717, 1.165) is 18.5 Å². The molecule has 2 N–H and O–H groups in total. The van der Waals surface area contributed by atoms with E-state index in [2.05, 4.69) is 34.9 Å². The Morgan fingerprint density at radius 1 is 1.00 bits per heavy atom. The van der Waals surface area contributed by atoms with E-state index in [1.165, 1.54) is 23.3 Å². The Kier molecular flexibility index (Phi) is 3.65. The molecule has 0 amide bonds. The molecule has 0 aromatic heterocycles. The maximum absolute atomic E-state index is 12.8. The lowest BCUT2D eigenvalue weighted by Crippen LogP contribution is -2.38. The summed E-state index contributed by atoms with van der Waals surface area (Å²) >= 11 is 5.30. The Balaban J connectivity index is 1.57. The van der Waals surface area contributed by atoms with E-state index in [9.17, 15) is 4.39 Å². The Hall–Kier alpha value is -1.94. The van der Waals surface area contributed by atoms with E-state index in [1.54, 1.807) is 12.1 Å². The quantitative estimate of drug-likeness (QED) is 0.829. The Morgan fingerprint density at radius 2 is 1.60 bits per heavy atom. The summed E-state index contributed by atoms with van der Waals surface area (Å²) in [5.41, 5.74) is 3.56. The molecule has 4 heteroatoms. The van der Waals surface area contributed by atoms with Crippen LogP contribution in [0.3, 0.4) is 0 Å². The molecule has 0 fully saturated rings. The van der Waals surface area contributed by atoms with Crippen molar-refractivity contribution in [2.24, 2.45) is 0 Å². The molecule has 1 aliphatic rings. The van der Waals surface area contributed by atoms with Crippen molar-refractivity contribution in [2.75, 3.05) is 5.32 Å². The molecule has 2 aromatic carbocycles. The molecule has 0 atom stereocenters. The van der Waals surface area contributed by atoms with Gasteiger partial charge in [0.1, 0.15) is 5.82 Å². The van der Waals surface area contributed by atoms with E-state index < -0.39 is 0 Å². The number of hydrogen-bond donors (Lipinski definition) is 2. The first-order valence-corrected chi connectivity index (χ1v) is 7.01. The van der Waals surface area contributed by atoms with Crippen LogP contribution in [-0.4, -0.2) is 11.2 Å².